The monoisotopic (exact) mass is 182 g/mol. The molecule has 1 heterocycles. The van der Waals surface area contributed by atoms with Crippen LogP contribution in [0, 0.1) is 5.92 Å². The largest absolute Gasteiger partial charge is 0.481 e. The van der Waals surface area contributed by atoms with E-state index in [4.69, 9.17) is 9.52 Å². The third-order valence-electron chi connectivity index (χ3n) is 2.06. The van der Waals surface area contributed by atoms with Gasteiger partial charge in [-0.25, -0.2) is 0 Å². The van der Waals surface area contributed by atoms with Gasteiger partial charge in [-0.05, 0) is 25.0 Å². The second-order valence-electron chi connectivity index (χ2n) is 3.21. The van der Waals surface area contributed by atoms with E-state index in [9.17, 15) is 4.79 Å². The molecule has 72 valence electrons. The molecule has 0 aromatic carbocycles. The Hall–Kier alpha value is -1.25. The van der Waals surface area contributed by atoms with Gasteiger partial charge < -0.3 is 9.52 Å². The Morgan fingerprint density at radius 1 is 1.69 bits per heavy atom. The Balaban J connectivity index is 2.18. The van der Waals surface area contributed by atoms with Crippen LogP contribution in [0.2, 0.25) is 0 Å². The molecule has 0 spiro atoms. The third kappa shape index (κ3) is 3.32. The number of rotatable bonds is 5. The lowest BCUT2D eigenvalue weighted by Crippen LogP contribution is -2.09. The van der Waals surface area contributed by atoms with Gasteiger partial charge in [0.05, 0.1) is 12.2 Å². The number of furan rings is 1. The van der Waals surface area contributed by atoms with E-state index in [1.54, 1.807) is 13.2 Å². The van der Waals surface area contributed by atoms with E-state index in [1.807, 2.05) is 12.1 Å². The van der Waals surface area contributed by atoms with Gasteiger partial charge in [0, 0.05) is 6.42 Å². The fraction of sp³-hybridized carbons (Fsp3) is 0.500. The molecular weight excluding hydrogens is 168 g/mol. The van der Waals surface area contributed by atoms with Crippen molar-refractivity contribution in [3.8, 4) is 0 Å². The van der Waals surface area contributed by atoms with Crippen LogP contribution in [0.15, 0.2) is 22.8 Å². The molecule has 3 nitrogen and oxygen atoms in total. The van der Waals surface area contributed by atoms with Gasteiger partial charge in [0.25, 0.3) is 0 Å². The van der Waals surface area contributed by atoms with Gasteiger partial charge in [-0.15, -0.1) is 0 Å². The van der Waals surface area contributed by atoms with E-state index in [1.165, 1.54) is 0 Å². The van der Waals surface area contributed by atoms with Crippen molar-refractivity contribution in [1.82, 2.24) is 0 Å². The quantitative estimate of drug-likeness (QED) is 0.760. The molecule has 1 aromatic rings. The van der Waals surface area contributed by atoms with E-state index in [2.05, 4.69) is 0 Å². The highest BCUT2D eigenvalue weighted by molar-refractivity contribution is 5.69. The summed E-state index contributed by atoms with van der Waals surface area (Å²) in [6, 6.07) is 3.75. The van der Waals surface area contributed by atoms with Crippen molar-refractivity contribution in [3.05, 3.63) is 24.2 Å². The number of carboxylic acid groups (broad SMARTS) is 1. The third-order valence-corrected chi connectivity index (χ3v) is 2.06. The minimum atomic E-state index is -0.723. The molecule has 0 saturated carbocycles. The molecule has 0 radical (unpaired) electrons. The van der Waals surface area contributed by atoms with E-state index in [0.717, 1.165) is 18.6 Å². The summed E-state index contributed by atoms with van der Waals surface area (Å²) in [7, 11) is 0. The number of aryl methyl sites for hydroxylation is 1. The Morgan fingerprint density at radius 2 is 2.46 bits per heavy atom. The molecule has 1 aromatic heterocycles. The molecule has 0 saturated heterocycles. The maximum Gasteiger partial charge on any atom is 0.306 e. The summed E-state index contributed by atoms with van der Waals surface area (Å²) < 4.78 is 5.13. The fourth-order valence-corrected chi connectivity index (χ4v) is 1.16. The van der Waals surface area contributed by atoms with Crippen molar-refractivity contribution in [1.29, 1.82) is 0 Å². The van der Waals surface area contributed by atoms with Crippen molar-refractivity contribution >= 4 is 5.97 Å². The van der Waals surface area contributed by atoms with E-state index in [0.29, 0.717) is 6.42 Å². The average Bonchev–Trinajstić information content (AvgIpc) is 2.56. The van der Waals surface area contributed by atoms with Crippen molar-refractivity contribution < 1.29 is 14.3 Å². The molecule has 1 unspecified atom stereocenters. The highest BCUT2D eigenvalue weighted by Gasteiger charge is 2.09. The molecule has 0 fully saturated rings. The maximum atomic E-state index is 10.5. The van der Waals surface area contributed by atoms with Crippen LogP contribution in [-0.4, -0.2) is 11.1 Å². The van der Waals surface area contributed by atoms with Crippen LogP contribution >= 0.6 is 0 Å². The molecule has 0 aliphatic carbocycles. The molecule has 0 amide bonds. The van der Waals surface area contributed by atoms with Crippen molar-refractivity contribution in [2.45, 2.75) is 26.2 Å². The number of carbonyl (C=O) groups is 1. The highest BCUT2D eigenvalue weighted by Crippen LogP contribution is 2.10. The summed E-state index contributed by atoms with van der Waals surface area (Å²) in [6.07, 6.45) is 4.03. The number of aliphatic carboxylic acids is 1. The van der Waals surface area contributed by atoms with Gasteiger partial charge in [-0.3, -0.25) is 4.79 Å². The molecule has 1 atom stereocenters. The predicted octanol–water partition coefficient (Wildman–Crippen LogP) is 2.32. The number of carboxylic acids is 1. The first-order valence-corrected chi connectivity index (χ1v) is 4.45. The Morgan fingerprint density at radius 3 is 3.00 bits per heavy atom. The predicted molar refractivity (Wildman–Crippen MR) is 48.4 cm³/mol. The fourth-order valence-electron chi connectivity index (χ4n) is 1.16. The van der Waals surface area contributed by atoms with Crippen LogP contribution in [0.3, 0.4) is 0 Å². The summed E-state index contributed by atoms with van der Waals surface area (Å²) in [5.41, 5.74) is 0. The van der Waals surface area contributed by atoms with Gasteiger partial charge in [-0.2, -0.15) is 0 Å². The molecule has 13 heavy (non-hydrogen) atoms. The first-order valence-electron chi connectivity index (χ1n) is 4.45. The van der Waals surface area contributed by atoms with Gasteiger partial charge in [0.15, 0.2) is 0 Å². The summed E-state index contributed by atoms with van der Waals surface area (Å²) >= 11 is 0. The van der Waals surface area contributed by atoms with E-state index < -0.39 is 5.97 Å². The minimum Gasteiger partial charge on any atom is -0.481 e. The zero-order valence-corrected chi connectivity index (χ0v) is 7.69. The summed E-state index contributed by atoms with van der Waals surface area (Å²) in [5, 5.41) is 8.62. The van der Waals surface area contributed by atoms with Gasteiger partial charge in [-0.1, -0.05) is 6.92 Å². The zero-order valence-electron chi connectivity index (χ0n) is 7.69. The number of hydrogen-bond donors (Lipinski definition) is 1. The van der Waals surface area contributed by atoms with Crippen LogP contribution in [0.5, 0.6) is 0 Å². The molecule has 0 aliphatic heterocycles. The van der Waals surface area contributed by atoms with Crippen LogP contribution in [0.4, 0.5) is 0 Å². The van der Waals surface area contributed by atoms with Crippen LogP contribution in [0.25, 0.3) is 0 Å². The molecule has 3 heteroatoms. The van der Waals surface area contributed by atoms with Gasteiger partial charge >= 0.3 is 5.97 Å². The molecule has 1 rings (SSSR count). The Labute approximate surface area is 77.4 Å². The smallest absolute Gasteiger partial charge is 0.306 e. The van der Waals surface area contributed by atoms with Crippen LogP contribution in [-0.2, 0) is 11.2 Å². The van der Waals surface area contributed by atoms with E-state index >= 15 is 0 Å². The normalized spacial score (nSPS) is 12.7. The minimum absolute atomic E-state index is 0.255. The highest BCUT2D eigenvalue weighted by atomic mass is 16.4. The van der Waals surface area contributed by atoms with Gasteiger partial charge in [0.1, 0.15) is 5.76 Å². The first kappa shape index (κ1) is 9.84. The first-order chi connectivity index (χ1) is 6.20. The molecule has 1 N–H and O–H groups in total. The molecule has 0 bridgehead atoms. The van der Waals surface area contributed by atoms with Crippen LogP contribution < -0.4 is 0 Å². The van der Waals surface area contributed by atoms with Crippen molar-refractivity contribution in [2.24, 2.45) is 5.92 Å². The molecular formula is C10H14O3. The zero-order chi connectivity index (χ0) is 9.68. The van der Waals surface area contributed by atoms with Gasteiger partial charge in [0.2, 0.25) is 0 Å². The lowest BCUT2D eigenvalue weighted by Gasteiger charge is -2.03. The number of hydrogen-bond acceptors (Lipinski definition) is 2. The van der Waals surface area contributed by atoms with E-state index in [-0.39, 0.29) is 5.92 Å². The second kappa shape index (κ2) is 4.70. The second-order valence-corrected chi connectivity index (χ2v) is 3.21. The Bertz CT molecular complexity index is 251. The lowest BCUT2D eigenvalue weighted by atomic mass is 10.0. The van der Waals surface area contributed by atoms with Crippen molar-refractivity contribution in [2.75, 3.05) is 0 Å². The summed E-state index contributed by atoms with van der Waals surface area (Å²) in [5.74, 6) is -0.0491. The Kier molecular flexibility index (Phi) is 3.55. The SMILES string of the molecule is CC(CCCc1ccco1)C(=O)O. The maximum absolute atomic E-state index is 10.5. The average molecular weight is 182 g/mol. The summed E-state index contributed by atoms with van der Waals surface area (Å²) in [6.45, 7) is 1.73. The van der Waals surface area contributed by atoms with Crippen molar-refractivity contribution in [3.63, 3.8) is 0 Å². The summed E-state index contributed by atoms with van der Waals surface area (Å²) in [4.78, 5) is 10.5. The van der Waals surface area contributed by atoms with Crippen LogP contribution in [0.1, 0.15) is 25.5 Å². The molecule has 0 aliphatic rings. The standard InChI is InChI=1S/C10H14O3/c1-8(10(11)12)4-2-5-9-6-3-7-13-9/h3,6-8H,2,4-5H2,1H3,(H,11,12). The topological polar surface area (TPSA) is 50.4 Å². The lowest BCUT2D eigenvalue weighted by molar-refractivity contribution is -0.141.